The number of β-amino-alcohol motifs (C(OH)–C–C–N with tert-alkyl or cyclic N) is 1. The molecule has 1 saturated heterocycles. The monoisotopic (exact) mass is 313 g/mol. The van der Waals surface area contributed by atoms with Gasteiger partial charge in [0.05, 0.1) is 13.7 Å². The molecule has 0 radical (unpaired) electrons. The number of hydrogen-bond donors (Lipinski definition) is 1. The second kappa shape index (κ2) is 5.36. The van der Waals surface area contributed by atoms with Crippen LogP contribution >= 0.6 is 0 Å². The first-order chi connectivity index (χ1) is 9.31. The SMILES string of the molecule is COC(=O)[C@H]1C[C@](O)(C(F)(F)F)CN1C(=O)OC(C)(C)C. The Kier molecular flexibility index (Phi) is 4.48. The lowest BCUT2D eigenvalue weighted by Crippen LogP contribution is -2.48. The summed E-state index contributed by atoms with van der Waals surface area (Å²) < 4.78 is 48.0. The molecule has 1 heterocycles. The van der Waals surface area contributed by atoms with E-state index >= 15 is 0 Å². The third-order valence-corrected chi connectivity index (χ3v) is 2.97. The lowest BCUT2D eigenvalue weighted by Gasteiger charge is -2.28. The maximum Gasteiger partial charge on any atom is 0.419 e. The largest absolute Gasteiger partial charge is 0.467 e. The summed E-state index contributed by atoms with van der Waals surface area (Å²) in [5.41, 5.74) is -4.11. The van der Waals surface area contributed by atoms with Gasteiger partial charge in [0, 0.05) is 6.42 Å². The van der Waals surface area contributed by atoms with Crippen molar-refractivity contribution < 1.29 is 37.3 Å². The van der Waals surface area contributed by atoms with Gasteiger partial charge in [-0.1, -0.05) is 0 Å². The van der Waals surface area contributed by atoms with E-state index in [1.54, 1.807) is 0 Å². The highest BCUT2D eigenvalue weighted by atomic mass is 19.4. The molecule has 9 heteroatoms. The van der Waals surface area contributed by atoms with Gasteiger partial charge in [0.25, 0.3) is 0 Å². The molecular weight excluding hydrogens is 295 g/mol. The van der Waals surface area contributed by atoms with Crippen molar-refractivity contribution in [2.45, 2.75) is 50.6 Å². The molecule has 1 aliphatic heterocycles. The number of likely N-dealkylation sites (tertiary alicyclic amines) is 1. The Morgan fingerprint density at radius 3 is 2.19 bits per heavy atom. The van der Waals surface area contributed by atoms with Gasteiger partial charge in [-0.2, -0.15) is 13.2 Å². The van der Waals surface area contributed by atoms with E-state index in [0.717, 1.165) is 7.11 Å². The molecule has 122 valence electrons. The smallest absolute Gasteiger partial charge is 0.419 e. The normalized spacial score (nSPS) is 26.7. The molecular formula is C12H18F3NO5. The number of aliphatic hydroxyl groups is 1. The number of rotatable bonds is 1. The van der Waals surface area contributed by atoms with E-state index < -0.39 is 48.4 Å². The molecule has 21 heavy (non-hydrogen) atoms. The fourth-order valence-electron chi connectivity index (χ4n) is 1.95. The third-order valence-electron chi connectivity index (χ3n) is 2.97. The molecule has 1 rings (SSSR count). The van der Waals surface area contributed by atoms with Gasteiger partial charge >= 0.3 is 18.2 Å². The van der Waals surface area contributed by atoms with Gasteiger partial charge in [-0.05, 0) is 20.8 Å². The topological polar surface area (TPSA) is 76.1 Å². The molecule has 1 fully saturated rings. The molecule has 0 bridgehead atoms. The van der Waals surface area contributed by atoms with E-state index in [0.29, 0.717) is 4.90 Å². The van der Waals surface area contributed by atoms with Crippen molar-refractivity contribution in [3.8, 4) is 0 Å². The second-order valence-corrected chi connectivity index (χ2v) is 5.88. The summed E-state index contributed by atoms with van der Waals surface area (Å²) in [4.78, 5) is 24.0. The lowest BCUT2D eigenvalue weighted by atomic mass is 10.00. The highest BCUT2D eigenvalue weighted by Gasteiger charge is 2.63. The van der Waals surface area contributed by atoms with Crippen LogP contribution in [0.1, 0.15) is 27.2 Å². The van der Waals surface area contributed by atoms with Crippen LogP contribution in [0.15, 0.2) is 0 Å². The summed E-state index contributed by atoms with van der Waals surface area (Å²) in [6, 6.07) is -1.54. The predicted molar refractivity (Wildman–Crippen MR) is 64.4 cm³/mol. The van der Waals surface area contributed by atoms with Gasteiger partial charge in [0.15, 0.2) is 5.60 Å². The van der Waals surface area contributed by atoms with Crippen LogP contribution in [0.25, 0.3) is 0 Å². The molecule has 2 atom stereocenters. The first kappa shape index (κ1) is 17.5. The molecule has 0 spiro atoms. The van der Waals surface area contributed by atoms with Crippen LogP contribution in [-0.2, 0) is 14.3 Å². The Bertz CT molecular complexity index is 432. The quantitative estimate of drug-likeness (QED) is 0.742. The molecule has 0 saturated carbocycles. The van der Waals surface area contributed by atoms with E-state index in [-0.39, 0.29) is 0 Å². The first-order valence-corrected chi connectivity index (χ1v) is 6.17. The highest BCUT2D eigenvalue weighted by molar-refractivity contribution is 5.82. The number of hydrogen-bond acceptors (Lipinski definition) is 5. The average Bonchev–Trinajstić information content (AvgIpc) is 2.65. The van der Waals surface area contributed by atoms with Gasteiger partial charge in [-0.3, -0.25) is 4.90 Å². The van der Waals surface area contributed by atoms with Gasteiger partial charge < -0.3 is 14.6 Å². The molecule has 0 aromatic heterocycles. The van der Waals surface area contributed by atoms with Crippen molar-refractivity contribution in [2.75, 3.05) is 13.7 Å². The van der Waals surface area contributed by atoms with E-state index in [9.17, 15) is 27.9 Å². The summed E-state index contributed by atoms with van der Waals surface area (Å²) in [7, 11) is 0.987. The lowest BCUT2D eigenvalue weighted by molar-refractivity contribution is -0.253. The minimum absolute atomic E-state index is 0.546. The molecule has 0 aliphatic carbocycles. The van der Waals surface area contributed by atoms with Crippen LogP contribution in [0.2, 0.25) is 0 Å². The molecule has 0 aromatic rings. The van der Waals surface area contributed by atoms with Crippen molar-refractivity contribution >= 4 is 12.1 Å². The van der Waals surface area contributed by atoms with Crippen molar-refractivity contribution in [1.29, 1.82) is 0 Å². The average molecular weight is 313 g/mol. The van der Waals surface area contributed by atoms with E-state index in [1.165, 1.54) is 20.8 Å². The van der Waals surface area contributed by atoms with Crippen LogP contribution in [-0.4, -0.2) is 59.1 Å². The Morgan fingerprint density at radius 1 is 1.29 bits per heavy atom. The first-order valence-electron chi connectivity index (χ1n) is 6.17. The van der Waals surface area contributed by atoms with Gasteiger partial charge in [-0.15, -0.1) is 0 Å². The number of alkyl halides is 3. The number of ether oxygens (including phenoxy) is 2. The standard InChI is InChI=1S/C12H18F3NO5/c1-10(2,3)21-9(18)16-6-11(19,12(13,14)15)5-7(16)8(17)20-4/h7,19H,5-6H2,1-4H3/t7-,11-/m1/s1. The minimum Gasteiger partial charge on any atom is -0.467 e. The molecule has 1 amide bonds. The van der Waals surface area contributed by atoms with Crippen LogP contribution in [0.3, 0.4) is 0 Å². The Labute approximate surface area is 119 Å². The third kappa shape index (κ3) is 3.78. The number of esters is 1. The molecule has 6 nitrogen and oxygen atoms in total. The van der Waals surface area contributed by atoms with Gasteiger partial charge in [0.1, 0.15) is 11.6 Å². The zero-order valence-corrected chi connectivity index (χ0v) is 12.2. The molecule has 0 unspecified atom stereocenters. The number of carbonyl (C=O) groups is 2. The van der Waals surface area contributed by atoms with Crippen LogP contribution in [0.4, 0.5) is 18.0 Å². The van der Waals surface area contributed by atoms with Crippen molar-refractivity contribution in [3.63, 3.8) is 0 Å². The van der Waals surface area contributed by atoms with Crippen molar-refractivity contribution in [3.05, 3.63) is 0 Å². The fraction of sp³-hybridized carbons (Fsp3) is 0.833. The van der Waals surface area contributed by atoms with Gasteiger partial charge in [0.2, 0.25) is 0 Å². The fourth-order valence-corrected chi connectivity index (χ4v) is 1.95. The summed E-state index contributed by atoms with van der Waals surface area (Å²) >= 11 is 0. The maximum absolute atomic E-state index is 12.9. The molecule has 1 aliphatic rings. The number of halogens is 3. The van der Waals surface area contributed by atoms with Crippen LogP contribution in [0.5, 0.6) is 0 Å². The Balaban J connectivity index is 3.04. The number of amides is 1. The maximum atomic E-state index is 12.9. The van der Waals surface area contributed by atoms with Crippen molar-refractivity contribution in [1.82, 2.24) is 4.90 Å². The Hall–Kier alpha value is -1.51. The van der Waals surface area contributed by atoms with E-state index in [2.05, 4.69) is 4.74 Å². The van der Waals surface area contributed by atoms with E-state index in [1.807, 2.05) is 0 Å². The summed E-state index contributed by atoms with van der Waals surface area (Å²) in [5, 5.41) is 9.68. The van der Waals surface area contributed by atoms with Crippen molar-refractivity contribution in [2.24, 2.45) is 0 Å². The van der Waals surface area contributed by atoms with Crippen LogP contribution < -0.4 is 0 Å². The second-order valence-electron chi connectivity index (χ2n) is 5.88. The predicted octanol–water partition coefficient (Wildman–Crippen LogP) is 1.46. The minimum atomic E-state index is -4.98. The number of carbonyl (C=O) groups excluding carboxylic acids is 2. The summed E-state index contributed by atoms with van der Waals surface area (Å²) in [6.45, 7) is 3.52. The highest BCUT2D eigenvalue weighted by Crippen LogP contribution is 2.41. The molecule has 1 N–H and O–H groups in total. The number of methoxy groups -OCH3 is 1. The summed E-state index contributed by atoms with van der Waals surface area (Å²) in [6.07, 6.45) is -7.07. The van der Waals surface area contributed by atoms with Crippen LogP contribution in [0, 0.1) is 0 Å². The Morgan fingerprint density at radius 2 is 1.81 bits per heavy atom. The zero-order valence-electron chi connectivity index (χ0n) is 12.2. The number of nitrogens with zero attached hydrogens (tertiary/aromatic N) is 1. The van der Waals surface area contributed by atoms with E-state index in [4.69, 9.17) is 4.74 Å². The van der Waals surface area contributed by atoms with Gasteiger partial charge in [-0.25, -0.2) is 9.59 Å². The summed E-state index contributed by atoms with van der Waals surface area (Å²) in [5.74, 6) is -1.04. The molecule has 0 aromatic carbocycles. The zero-order chi connectivity index (χ0) is 16.6.